The highest BCUT2D eigenvalue weighted by Crippen LogP contribution is 2.20. The lowest BCUT2D eigenvalue weighted by atomic mass is 10.4. The number of nitrogens with two attached hydrogens (primary N) is 1. The molecule has 0 atom stereocenters. The maximum absolute atomic E-state index is 11.3. The van der Waals surface area contributed by atoms with Crippen molar-refractivity contribution < 1.29 is 8.42 Å². The van der Waals surface area contributed by atoms with Crippen LogP contribution < -0.4 is 5.73 Å². The van der Waals surface area contributed by atoms with E-state index in [4.69, 9.17) is 17.3 Å². The Morgan fingerprint density at radius 2 is 2.23 bits per heavy atom. The summed E-state index contributed by atoms with van der Waals surface area (Å²) >= 11 is 5.57. The summed E-state index contributed by atoms with van der Waals surface area (Å²) in [5, 5.41) is 0.229. The Morgan fingerprint density at radius 3 is 2.69 bits per heavy atom. The molecule has 1 rings (SSSR count). The third-order valence-electron chi connectivity index (χ3n) is 1.52. The molecule has 6 heteroatoms. The molecule has 0 bridgehead atoms. The van der Waals surface area contributed by atoms with Gasteiger partial charge in [-0.15, -0.1) is 0 Å². The Labute approximate surface area is 81.6 Å². The van der Waals surface area contributed by atoms with Gasteiger partial charge in [-0.3, -0.25) is 0 Å². The maximum atomic E-state index is 11.3. The second kappa shape index (κ2) is 3.51. The molecule has 2 N–H and O–H groups in total. The summed E-state index contributed by atoms with van der Waals surface area (Å²) in [5.41, 5.74) is 5.55. The number of hydrogen-bond donors (Lipinski definition) is 1. The summed E-state index contributed by atoms with van der Waals surface area (Å²) in [5.74, 6) is -0.0220. The van der Waals surface area contributed by atoms with Crippen molar-refractivity contribution in [3.63, 3.8) is 0 Å². The molecule has 1 aromatic rings. The predicted octanol–water partition coefficient (Wildman–Crippen LogP) is 1.11. The average molecular weight is 221 g/mol. The Bertz CT molecular complexity index is 417. The quantitative estimate of drug-likeness (QED) is 0.811. The van der Waals surface area contributed by atoms with E-state index in [2.05, 4.69) is 4.98 Å². The van der Waals surface area contributed by atoms with Crippen LogP contribution in [0.5, 0.6) is 0 Å². The molecular weight excluding hydrogens is 212 g/mol. The summed E-state index contributed by atoms with van der Waals surface area (Å²) in [6.45, 7) is 1.53. The SMILES string of the molecule is CCS(=O)(=O)c1ncc(Cl)cc1N. The van der Waals surface area contributed by atoms with Crippen molar-refractivity contribution >= 4 is 27.1 Å². The van der Waals surface area contributed by atoms with E-state index >= 15 is 0 Å². The van der Waals surface area contributed by atoms with E-state index in [1.165, 1.54) is 19.2 Å². The van der Waals surface area contributed by atoms with Crippen LogP contribution in [0.3, 0.4) is 0 Å². The number of nitrogens with zero attached hydrogens (tertiary/aromatic N) is 1. The van der Waals surface area contributed by atoms with Crippen LogP contribution in [-0.4, -0.2) is 19.2 Å². The van der Waals surface area contributed by atoms with Crippen molar-refractivity contribution in [1.29, 1.82) is 0 Å². The molecule has 0 aliphatic heterocycles. The van der Waals surface area contributed by atoms with Crippen molar-refractivity contribution in [3.05, 3.63) is 17.3 Å². The van der Waals surface area contributed by atoms with Crippen molar-refractivity contribution in [3.8, 4) is 0 Å². The number of hydrogen-bond acceptors (Lipinski definition) is 4. The molecule has 1 aromatic heterocycles. The molecule has 1 heterocycles. The van der Waals surface area contributed by atoms with Gasteiger partial charge in [0, 0.05) is 6.20 Å². The van der Waals surface area contributed by atoms with Gasteiger partial charge in [-0.25, -0.2) is 13.4 Å². The Morgan fingerprint density at radius 1 is 1.62 bits per heavy atom. The topological polar surface area (TPSA) is 73.0 Å². The molecule has 0 saturated heterocycles. The lowest BCUT2D eigenvalue weighted by molar-refractivity contribution is 0.594. The zero-order valence-corrected chi connectivity index (χ0v) is 8.56. The Hall–Kier alpha value is -0.810. The van der Waals surface area contributed by atoms with Crippen molar-refractivity contribution in [2.75, 3.05) is 11.5 Å². The molecule has 0 aliphatic carbocycles. The molecule has 0 aromatic carbocycles. The minimum Gasteiger partial charge on any atom is -0.396 e. The first-order valence-corrected chi connectivity index (χ1v) is 5.64. The van der Waals surface area contributed by atoms with E-state index in [1.807, 2.05) is 0 Å². The molecule has 72 valence electrons. The average Bonchev–Trinajstić information content (AvgIpc) is 2.03. The predicted molar refractivity (Wildman–Crippen MR) is 51.4 cm³/mol. The van der Waals surface area contributed by atoms with E-state index < -0.39 is 9.84 Å². The fourth-order valence-electron chi connectivity index (χ4n) is 0.839. The number of halogens is 1. The number of anilines is 1. The van der Waals surface area contributed by atoms with Gasteiger partial charge in [-0.05, 0) is 6.07 Å². The second-order valence-electron chi connectivity index (χ2n) is 2.45. The zero-order valence-electron chi connectivity index (χ0n) is 6.99. The molecular formula is C7H9ClN2O2S. The molecule has 0 fully saturated rings. The summed E-state index contributed by atoms with van der Waals surface area (Å²) in [6.07, 6.45) is 1.26. The highest BCUT2D eigenvalue weighted by Gasteiger charge is 2.16. The van der Waals surface area contributed by atoms with Gasteiger partial charge in [0.1, 0.15) is 0 Å². The van der Waals surface area contributed by atoms with Gasteiger partial charge >= 0.3 is 0 Å². The van der Waals surface area contributed by atoms with E-state index in [9.17, 15) is 8.42 Å². The summed E-state index contributed by atoms with van der Waals surface area (Å²) < 4.78 is 22.7. The van der Waals surface area contributed by atoms with Gasteiger partial charge in [0.05, 0.1) is 16.5 Å². The third kappa shape index (κ3) is 2.10. The first-order valence-electron chi connectivity index (χ1n) is 3.61. The summed E-state index contributed by atoms with van der Waals surface area (Å²) in [6, 6.07) is 1.37. The fourth-order valence-corrected chi connectivity index (χ4v) is 1.91. The molecule has 0 aliphatic rings. The van der Waals surface area contributed by atoms with Gasteiger partial charge in [0.2, 0.25) is 0 Å². The van der Waals surface area contributed by atoms with E-state index in [0.717, 1.165) is 0 Å². The number of nitrogen functional groups attached to an aromatic ring is 1. The van der Waals surface area contributed by atoms with Crippen LogP contribution in [0.1, 0.15) is 6.92 Å². The Kier molecular flexibility index (Phi) is 2.77. The molecule has 0 unspecified atom stereocenters. The standard InChI is InChI=1S/C7H9ClN2O2S/c1-2-13(11,12)7-6(9)3-5(8)4-10-7/h3-4H,2,9H2,1H3. The minimum absolute atomic E-state index is 0.0220. The summed E-state index contributed by atoms with van der Waals surface area (Å²) in [7, 11) is -3.34. The Balaban J connectivity index is 3.33. The van der Waals surface area contributed by atoms with Gasteiger partial charge in [0.15, 0.2) is 14.9 Å². The van der Waals surface area contributed by atoms with Crippen LogP contribution in [0.25, 0.3) is 0 Å². The van der Waals surface area contributed by atoms with Gasteiger partial charge < -0.3 is 5.73 Å². The van der Waals surface area contributed by atoms with Crippen LogP contribution in [0.15, 0.2) is 17.3 Å². The minimum atomic E-state index is -3.34. The maximum Gasteiger partial charge on any atom is 0.197 e. The van der Waals surface area contributed by atoms with Crippen molar-refractivity contribution in [1.82, 2.24) is 4.98 Å². The number of aromatic nitrogens is 1. The monoisotopic (exact) mass is 220 g/mol. The first kappa shape index (κ1) is 10.3. The van der Waals surface area contributed by atoms with E-state index in [1.54, 1.807) is 0 Å². The smallest absolute Gasteiger partial charge is 0.197 e. The van der Waals surface area contributed by atoms with E-state index in [0.29, 0.717) is 5.02 Å². The van der Waals surface area contributed by atoms with Crippen LogP contribution >= 0.6 is 11.6 Å². The van der Waals surface area contributed by atoms with Crippen LogP contribution in [-0.2, 0) is 9.84 Å². The molecule has 0 spiro atoms. The normalized spacial score (nSPS) is 11.5. The zero-order chi connectivity index (χ0) is 10.1. The lowest BCUT2D eigenvalue weighted by Gasteiger charge is -2.03. The highest BCUT2D eigenvalue weighted by atomic mass is 35.5. The molecule has 0 amide bonds. The fraction of sp³-hybridized carbons (Fsp3) is 0.286. The van der Waals surface area contributed by atoms with Crippen LogP contribution in [0.2, 0.25) is 5.02 Å². The van der Waals surface area contributed by atoms with Crippen LogP contribution in [0.4, 0.5) is 5.69 Å². The number of rotatable bonds is 2. The largest absolute Gasteiger partial charge is 0.396 e. The molecule has 0 saturated carbocycles. The molecule has 13 heavy (non-hydrogen) atoms. The van der Waals surface area contributed by atoms with Gasteiger partial charge in [-0.1, -0.05) is 18.5 Å². The van der Waals surface area contributed by atoms with Gasteiger partial charge in [-0.2, -0.15) is 0 Å². The van der Waals surface area contributed by atoms with Crippen LogP contribution in [0, 0.1) is 0 Å². The van der Waals surface area contributed by atoms with Crippen molar-refractivity contribution in [2.24, 2.45) is 0 Å². The summed E-state index contributed by atoms with van der Waals surface area (Å²) in [4.78, 5) is 3.68. The number of pyridine rings is 1. The highest BCUT2D eigenvalue weighted by molar-refractivity contribution is 7.91. The lowest BCUT2D eigenvalue weighted by Crippen LogP contribution is -2.09. The first-order chi connectivity index (χ1) is 5.97. The number of sulfone groups is 1. The van der Waals surface area contributed by atoms with Crippen molar-refractivity contribution in [2.45, 2.75) is 11.9 Å². The van der Waals surface area contributed by atoms with Gasteiger partial charge in [0.25, 0.3) is 0 Å². The molecule has 0 radical (unpaired) electrons. The second-order valence-corrected chi connectivity index (χ2v) is 5.08. The van der Waals surface area contributed by atoms with E-state index in [-0.39, 0.29) is 16.5 Å². The third-order valence-corrected chi connectivity index (χ3v) is 3.42. The molecule has 4 nitrogen and oxygen atoms in total.